The van der Waals surface area contributed by atoms with Gasteiger partial charge in [0.15, 0.2) is 0 Å². The van der Waals surface area contributed by atoms with Gasteiger partial charge in [-0.15, -0.1) is 24.8 Å². The van der Waals surface area contributed by atoms with Crippen LogP contribution in [-0.4, -0.2) is 52.9 Å². The number of rotatable bonds is 3. The Labute approximate surface area is 150 Å². The van der Waals surface area contributed by atoms with E-state index in [1.165, 1.54) is 25.9 Å². The zero-order valence-corrected chi connectivity index (χ0v) is 15.0. The van der Waals surface area contributed by atoms with Crippen LogP contribution in [0.25, 0.3) is 0 Å². The van der Waals surface area contributed by atoms with E-state index >= 15 is 0 Å². The van der Waals surface area contributed by atoms with E-state index in [2.05, 4.69) is 9.88 Å². The Balaban J connectivity index is 0.00000132. The number of nitrogens with two attached hydrogens (primary N) is 1. The van der Waals surface area contributed by atoms with Crippen LogP contribution in [-0.2, 0) is 11.2 Å². The molecule has 3 heterocycles. The molecule has 3 rings (SSSR count). The summed E-state index contributed by atoms with van der Waals surface area (Å²) in [5.41, 5.74) is 7.05. The third-order valence-electron chi connectivity index (χ3n) is 4.65. The number of pyridine rings is 1. The molecule has 0 atom stereocenters. The van der Waals surface area contributed by atoms with Crippen molar-refractivity contribution in [1.29, 1.82) is 0 Å². The molecule has 2 saturated heterocycles. The Morgan fingerprint density at radius 2 is 1.78 bits per heavy atom. The van der Waals surface area contributed by atoms with Gasteiger partial charge < -0.3 is 15.5 Å². The fourth-order valence-electron chi connectivity index (χ4n) is 3.39. The molecule has 130 valence electrons. The summed E-state index contributed by atoms with van der Waals surface area (Å²) in [4.78, 5) is 21.1. The summed E-state index contributed by atoms with van der Waals surface area (Å²) in [6.45, 7) is 4.26. The summed E-state index contributed by atoms with van der Waals surface area (Å²) in [5.74, 6) is 0.187. The number of piperidine rings is 1. The van der Waals surface area contributed by atoms with E-state index in [0.717, 1.165) is 31.6 Å². The Kier molecular flexibility index (Phi) is 8.09. The first-order valence-corrected chi connectivity index (χ1v) is 7.94. The van der Waals surface area contributed by atoms with E-state index in [9.17, 15) is 4.79 Å². The second-order valence-electron chi connectivity index (χ2n) is 6.11. The summed E-state index contributed by atoms with van der Waals surface area (Å²) in [6, 6.07) is 4.32. The van der Waals surface area contributed by atoms with Gasteiger partial charge in [-0.2, -0.15) is 0 Å². The van der Waals surface area contributed by atoms with Crippen molar-refractivity contribution in [2.24, 2.45) is 0 Å². The topological polar surface area (TPSA) is 62.5 Å². The van der Waals surface area contributed by atoms with Crippen LogP contribution < -0.4 is 5.73 Å². The third-order valence-corrected chi connectivity index (χ3v) is 4.65. The number of nitrogen functional groups attached to an aromatic ring is 1. The maximum atomic E-state index is 12.3. The molecule has 0 aromatic carbocycles. The number of anilines is 1. The SMILES string of the molecule is Cl.Cl.Nc1ccc(CC(=O)N2CCC(N3CCCC3)CC2)nc1. The number of carbonyl (C=O) groups excluding carboxylic acids is 1. The highest BCUT2D eigenvalue weighted by atomic mass is 35.5. The van der Waals surface area contributed by atoms with Gasteiger partial charge in [0.25, 0.3) is 0 Å². The molecule has 1 aromatic heterocycles. The molecule has 0 spiro atoms. The van der Waals surface area contributed by atoms with E-state index in [-0.39, 0.29) is 30.7 Å². The molecule has 23 heavy (non-hydrogen) atoms. The lowest BCUT2D eigenvalue weighted by atomic mass is 10.0. The fraction of sp³-hybridized carbons (Fsp3) is 0.625. The largest absolute Gasteiger partial charge is 0.397 e. The van der Waals surface area contributed by atoms with Crippen molar-refractivity contribution in [2.45, 2.75) is 38.1 Å². The lowest BCUT2D eigenvalue weighted by molar-refractivity contribution is -0.132. The van der Waals surface area contributed by atoms with E-state index in [4.69, 9.17) is 5.73 Å². The number of halogens is 2. The Morgan fingerprint density at radius 1 is 1.13 bits per heavy atom. The van der Waals surface area contributed by atoms with Crippen molar-refractivity contribution >= 4 is 36.4 Å². The van der Waals surface area contributed by atoms with Gasteiger partial charge in [-0.1, -0.05) is 0 Å². The van der Waals surface area contributed by atoms with Crippen LogP contribution in [0.15, 0.2) is 18.3 Å². The van der Waals surface area contributed by atoms with E-state index < -0.39 is 0 Å². The van der Waals surface area contributed by atoms with E-state index in [1.807, 2.05) is 11.0 Å². The van der Waals surface area contributed by atoms with Gasteiger partial charge >= 0.3 is 0 Å². The molecule has 0 aliphatic carbocycles. The first-order valence-electron chi connectivity index (χ1n) is 7.94. The van der Waals surface area contributed by atoms with Gasteiger partial charge in [-0.05, 0) is 50.9 Å². The summed E-state index contributed by atoms with van der Waals surface area (Å²) in [6.07, 6.45) is 6.89. The summed E-state index contributed by atoms with van der Waals surface area (Å²) >= 11 is 0. The zero-order chi connectivity index (χ0) is 14.7. The lowest BCUT2D eigenvalue weighted by Gasteiger charge is -2.36. The Hall–Kier alpha value is -1.04. The van der Waals surface area contributed by atoms with Crippen LogP contribution in [0.4, 0.5) is 5.69 Å². The van der Waals surface area contributed by atoms with Gasteiger partial charge in [0.2, 0.25) is 5.91 Å². The number of hydrogen-bond donors (Lipinski definition) is 1. The van der Waals surface area contributed by atoms with Gasteiger partial charge in [-0.25, -0.2) is 0 Å². The van der Waals surface area contributed by atoms with E-state index in [0.29, 0.717) is 18.2 Å². The number of hydrogen-bond acceptors (Lipinski definition) is 4. The molecule has 0 radical (unpaired) electrons. The normalized spacial score (nSPS) is 19.0. The number of nitrogens with zero attached hydrogens (tertiary/aromatic N) is 3. The van der Waals surface area contributed by atoms with Gasteiger partial charge in [0.05, 0.1) is 18.3 Å². The summed E-state index contributed by atoms with van der Waals surface area (Å²) < 4.78 is 0. The minimum absolute atomic E-state index is 0. The molecular formula is C16H26Cl2N4O. The van der Waals surface area contributed by atoms with Crippen molar-refractivity contribution < 1.29 is 4.79 Å². The van der Waals surface area contributed by atoms with Crippen LogP contribution >= 0.6 is 24.8 Å². The highest BCUT2D eigenvalue weighted by Crippen LogP contribution is 2.21. The molecule has 2 N–H and O–H groups in total. The molecule has 2 aliphatic heterocycles. The van der Waals surface area contributed by atoms with Crippen molar-refractivity contribution in [2.75, 3.05) is 31.9 Å². The number of carbonyl (C=O) groups is 1. The second kappa shape index (κ2) is 9.30. The van der Waals surface area contributed by atoms with Gasteiger partial charge in [-0.3, -0.25) is 9.78 Å². The highest BCUT2D eigenvalue weighted by Gasteiger charge is 2.28. The molecule has 0 unspecified atom stereocenters. The summed E-state index contributed by atoms with van der Waals surface area (Å²) in [5, 5.41) is 0. The molecule has 7 heteroatoms. The molecule has 0 bridgehead atoms. The van der Waals surface area contributed by atoms with Crippen LogP contribution in [0.5, 0.6) is 0 Å². The van der Waals surface area contributed by atoms with Crippen LogP contribution in [0, 0.1) is 0 Å². The van der Waals surface area contributed by atoms with Gasteiger partial charge in [0.1, 0.15) is 0 Å². The van der Waals surface area contributed by atoms with E-state index in [1.54, 1.807) is 12.3 Å². The number of amides is 1. The fourth-order valence-corrected chi connectivity index (χ4v) is 3.39. The summed E-state index contributed by atoms with van der Waals surface area (Å²) in [7, 11) is 0. The molecule has 5 nitrogen and oxygen atoms in total. The average Bonchev–Trinajstić information content (AvgIpc) is 3.04. The molecule has 2 aliphatic rings. The predicted octanol–water partition coefficient (Wildman–Crippen LogP) is 2.14. The first-order chi connectivity index (χ1) is 10.2. The molecular weight excluding hydrogens is 335 g/mol. The first kappa shape index (κ1) is 20.0. The number of likely N-dealkylation sites (tertiary alicyclic amines) is 2. The van der Waals surface area contributed by atoms with Crippen molar-refractivity contribution in [1.82, 2.24) is 14.8 Å². The second-order valence-corrected chi connectivity index (χ2v) is 6.11. The molecule has 0 saturated carbocycles. The van der Waals surface area contributed by atoms with Crippen LogP contribution in [0.1, 0.15) is 31.4 Å². The molecule has 2 fully saturated rings. The van der Waals surface area contributed by atoms with Crippen molar-refractivity contribution in [3.05, 3.63) is 24.0 Å². The minimum atomic E-state index is 0. The standard InChI is InChI=1S/C16H24N4O.2ClH/c17-13-3-4-14(18-12-13)11-16(21)20-9-5-15(6-10-20)19-7-1-2-8-19;;/h3-4,12,15H,1-2,5-11,17H2;2*1H. The minimum Gasteiger partial charge on any atom is -0.397 e. The zero-order valence-electron chi connectivity index (χ0n) is 13.3. The van der Waals surface area contributed by atoms with Crippen molar-refractivity contribution in [3.8, 4) is 0 Å². The predicted molar refractivity (Wildman–Crippen MR) is 97.3 cm³/mol. The van der Waals surface area contributed by atoms with Gasteiger partial charge in [0, 0.05) is 24.8 Å². The monoisotopic (exact) mass is 360 g/mol. The number of aromatic nitrogens is 1. The average molecular weight is 361 g/mol. The highest BCUT2D eigenvalue weighted by molar-refractivity contribution is 5.85. The molecule has 1 aromatic rings. The maximum absolute atomic E-state index is 12.3. The lowest BCUT2D eigenvalue weighted by Crippen LogP contribution is -2.46. The molecule has 1 amide bonds. The third kappa shape index (κ3) is 5.23. The Morgan fingerprint density at radius 3 is 2.35 bits per heavy atom. The van der Waals surface area contributed by atoms with Crippen LogP contribution in [0.3, 0.4) is 0 Å². The maximum Gasteiger partial charge on any atom is 0.228 e. The quantitative estimate of drug-likeness (QED) is 0.896. The smallest absolute Gasteiger partial charge is 0.228 e. The Bertz CT molecular complexity index is 483. The van der Waals surface area contributed by atoms with Crippen molar-refractivity contribution in [3.63, 3.8) is 0 Å². The van der Waals surface area contributed by atoms with Crippen LogP contribution in [0.2, 0.25) is 0 Å².